The van der Waals surface area contributed by atoms with Gasteiger partial charge in [0.25, 0.3) is 0 Å². The fraction of sp³-hybridized carbons (Fsp3) is 0.333. The van der Waals surface area contributed by atoms with Crippen LogP contribution in [0.25, 0.3) is 6.08 Å². The Morgan fingerprint density at radius 2 is 1.63 bits per heavy atom. The minimum absolute atomic E-state index is 0.0217. The fourth-order valence-corrected chi connectivity index (χ4v) is 5.90. The SMILES string of the molecule is CC(C)(C)OC(=O)CC(C(=O)NCc1cccc(C(F)(F)F)c1F)N1C(=O)C(N2C(=O)OC[C@@H]2c2ccccc2)C1C=Cc1ccccc1. The third kappa shape index (κ3) is 7.93. The summed E-state index contributed by atoms with van der Waals surface area (Å²) >= 11 is 0. The molecule has 2 saturated heterocycles. The minimum atomic E-state index is -4.96. The molecule has 0 aromatic heterocycles. The molecule has 0 spiro atoms. The molecule has 13 heteroatoms. The summed E-state index contributed by atoms with van der Waals surface area (Å²) in [5, 5.41) is 2.40. The molecule has 0 bridgehead atoms. The largest absolute Gasteiger partial charge is 0.460 e. The van der Waals surface area contributed by atoms with E-state index in [9.17, 15) is 36.7 Å². The molecule has 2 heterocycles. The first-order chi connectivity index (χ1) is 23.2. The van der Waals surface area contributed by atoms with Gasteiger partial charge in [0, 0.05) is 12.1 Å². The quantitative estimate of drug-likeness (QED) is 0.159. The Morgan fingerprint density at radius 3 is 2.27 bits per heavy atom. The van der Waals surface area contributed by atoms with Crippen molar-refractivity contribution in [1.29, 1.82) is 0 Å². The Hall–Kier alpha value is -5.20. The summed E-state index contributed by atoms with van der Waals surface area (Å²) in [5.41, 5.74) is -1.43. The first kappa shape index (κ1) is 35.1. The monoisotopic (exact) mass is 681 g/mol. The van der Waals surface area contributed by atoms with Crippen LogP contribution in [0.5, 0.6) is 0 Å². The Labute approximate surface area is 280 Å². The van der Waals surface area contributed by atoms with Crippen LogP contribution < -0.4 is 5.32 Å². The van der Waals surface area contributed by atoms with Crippen LogP contribution in [0.2, 0.25) is 0 Å². The number of carbonyl (C=O) groups is 4. The summed E-state index contributed by atoms with van der Waals surface area (Å²) in [5.74, 6) is -3.99. The summed E-state index contributed by atoms with van der Waals surface area (Å²) in [6.07, 6.45) is -2.99. The van der Waals surface area contributed by atoms with E-state index in [1.807, 2.05) is 18.2 Å². The lowest BCUT2D eigenvalue weighted by atomic mass is 9.87. The molecule has 3 unspecified atom stereocenters. The molecule has 258 valence electrons. The number of hydrogen-bond acceptors (Lipinski definition) is 6. The number of benzene rings is 3. The summed E-state index contributed by atoms with van der Waals surface area (Å²) < 4.78 is 65.6. The minimum Gasteiger partial charge on any atom is -0.460 e. The predicted molar refractivity (Wildman–Crippen MR) is 170 cm³/mol. The number of ether oxygens (including phenoxy) is 2. The standard InChI is InChI=1S/C36H35F4N3O6/c1-35(2,3)49-29(44)19-27(32(45)41-20-24-15-10-16-25(30(24)37)36(38,39)40)42-26(18-17-22-11-6-4-7-12-22)31(33(42)46)43-28(21-48-34(43)47)23-13-8-5-9-14-23/h4-18,26-28,31H,19-21H2,1-3H3,(H,41,45)/t26?,27?,28-,31?/m1/s1. The van der Waals surface area contributed by atoms with Gasteiger partial charge in [0.1, 0.15) is 30.1 Å². The molecule has 5 rings (SSSR count). The highest BCUT2D eigenvalue weighted by molar-refractivity contribution is 5.99. The van der Waals surface area contributed by atoms with Crippen LogP contribution in [-0.2, 0) is 36.6 Å². The van der Waals surface area contributed by atoms with E-state index < -0.39 is 89.7 Å². The van der Waals surface area contributed by atoms with Crippen molar-refractivity contribution in [3.8, 4) is 0 Å². The van der Waals surface area contributed by atoms with E-state index in [0.717, 1.165) is 28.2 Å². The zero-order valence-electron chi connectivity index (χ0n) is 26.9. The predicted octanol–water partition coefficient (Wildman–Crippen LogP) is 6.05. The Kier molecular flexibility index (Phi) is 10.1. The highest BCUT2D eigenvalue weighted by atomic mass is 19.4. The molecule has 2 fully saturated rings. The van der Waals surface area contributed by atoms with Crippen molar-refractivity contribution < 1.29 is 46.2 Å². The summed E-state index contributed by atoms with van der Waals surface area (Å²) in [6.45, 7) is 4.18. The summed E-state index contributed by atoms with van der Waals surface area (Å²) in [6, 6.07) is 16.4. The van der Waals surface area contributed by atoms with Crippen LogP contribution in [-0.4, -0.2) is 64.0 Å². The molecule has 0 aliphatic carbocycles. The van der Waals surface area contributed by atoms with Crippen molar-refractivity contribution in [3.05, 3.63) is 113 Å². The van der Waals surface area contributed by atoms with Crippen LogP contribution >= 0.6 is 0 Å². The van der Waals surface area contributed by atoms with E-state index in [1.165, 1.54) is 4.90 Å². The fourth-order valence-electron chi connectivity index (χ4n) is 5.90. The van der Waals surface area contributed by atoms with E-state index >= 15 is 0 Å². The molecule has 4 atom stereocenters. The van der Waals surface area contributed by atoms with Gasteiger partial charge in [0.15, 0.2) is 0 Å². The molecule has 2 aliphatic rings. The average Bonchev–Trinajstić information content (AvgIpc) is 3.41. The van der Waals surface area contributed by atoms with Crippen molar-refractivity contribution >= 4 is 30.0 Å². The third-order valence-electron chi connectivity index (χ3n) is 8.09. The zero-order valence-corrected chi connectivity index (χ0v) is 26.9. The molecule has 3 aromatic rings. The van der Waals surface area contributed by atoms with E-state index in [4.69, 9.17) is 9.47 Å². The first-order valence-electron chi connectivity index (χ1n) is 15.6. The first-order valence-corrected chi connectivity index (χ1v) is 15.6. The number of esters is 1. The highest BCUT2D eigenvalue weighted by Crippen LogP contribution is 2.39. The number of amides is 3. The number of alkyl halides is 3. The van der Waals surface area contributed by atoms with Gasteiger partial charge in [-0.25, -0.2) is 9.18 Å². The lowest BCUT2D eigenvalue weighted by molar-refractivity contribution is -0.168. The van der Waals surface area contributed by atoms with Gasteiger partial charge in [-0.05, 0) is 38.0 Å². The van der Waals surface area contributed by atoms with Crippen LogP contribution in [0.15, 0.2) is 84.9 Å². The second kappa shape index (κ2) is 14.1. The number of nitrogens with one attached hydrogen (secondary N) is 1. The number of β-lactam (4-membered cyclic amide) rings is 1. The number of carbonyl (C=O) groups excluding carboxylic acids is 4. The number of likely N-dealkylation sites (tertiary alicyclic amines) is 1. The van der Waals surface area contributed by atoms with Crippen molar-refractivity contribution in [3.63, 3.8) is 0 Å². The highest BCUT2D eigenvalue weighted by Gasteiger charge is 2.58. The molecule has 2 aliphatic heterocycles. The maximum absolute atomic E-state index is 14.8. The smallest absolute Gasteiger partial charge is 0.419 e. The van der Waals surface area contributed by atoms with E-state index in [1.54, 1.807) is 75.4 Å². The lowest BCUT2D eigenvalue weighted by Gasteiger charge is -2.52. The van der Waals surface area contributed by atoms with Crippen molar-refractivity contribution in [2.24, 2.45) is 0 Å². The van der Waals surface area contributed by atoms with Gasteiger partial charge >= 0.3 is 18.2 Å². The van der Waals surface area contributed by atoms with Crippen LogP contribution in [0.1, 0.15) is 55.5 Å². The number of halogens is 4. The van der Waals surface area contributed by atoms with Gasteiger partial charge in [-0.1, -0.05) is 84.9 Å². The van der Waals surface area contributed by atoms with Crippen molar-refractivity contribution in [2.75, 3.05) is 6.61 Å². The summed E-state index contributed by atoms with van der Waals surface area (Å²) in [4.78, 5) is 56.6. The van der Waals surface area contributed by atoms with Crippen LogP contribution in [0, 0.1) is 5.82 Å². The zero-order chi connectivity index (χ0) is 35.5. The third-order valence-corrected chi connectivity index (χ3v) is 8.09. The van der Waals surface area contributed by atoms with E-state index in [2.05, 4.69) is 5.32 Å². The van der Waals surface area contributed by atoms with Gasteiger partial charge < -0.3 is 19.7 Å². The van der Waals surface area contributed by atoms with Crippen LogP contribution in [0.3, 0.4) is 0 Å². The Balaban J connectivity index is 1.49. The molecule has 0 radical (unpaired) electrons. The van der Waals surface area contributed by atoms with Crippen LogP contribution in [0.4, 0.5) is 22.4 Å². The molecule has 1 N–H and O–H groups in total. The molecule has 3 aromatic carbocycles. The molecule has 49 heavy (non-hydrogen) atoms. The van der Waals surface area contributed by atoms with Gasteiger partial charge in [0.2, 0.25) is 11.8 Å². The maximum atomic E-state index is 14.8. The lowest BCUT2D eigenvalue weighted by Crippen LogP contribution is -2.74. The van der Waals surface area contributed by atoms with E-state index in [0.29, 0.717) is 6.07 Å². The molecule has 9 nitrogen and oxygen atoms in total. The average molecular weight is 682 g/mol. The van der Waals surface area contributed by atoms with Crippen molar-refractivity contribution in [1.82, 2.24) is 15.1 Å². The van der Waals surface area contributed by atoms with Gasteiger partial charge in [0.05, 0.1) is 24.1 Å². The molecule has 0 saturated carbocycles. The number of rotatable bonds is 10. The Morgan fingerprint density at radius 1 is 0.980 bits per heavy atom. The van der Waals surface area contributed by atoms with Crippen molar-refractivity contribution in [2.45, 2.75) is 69.7 Å². The normalized spacial score (nSPS) is 20.2. The number of hydrogen-bond donors (Lipinski definition) is 1. The second-order valence-corrected chi connectivity index (χ2v) is 12.7. The molecule has 3 amide bonds. The number of nitrogens with zero attached hydrogens (tertiary/aromatic N) is 2. The summed E-state index contributed by atoms with van der Waals surface area (Å²) in [7, 11) is 0. The Bertz CT molecular complexity index is 1730. The molecular formula is C36H35F4N3O6. The molecular weight excluding hydrogens is 646 g/mol. The van der Waals surface area contributed by atoms with Gasteiger partial charge in [-0.3, -0.25) is 19.3 Å². The van der Waals surface area contributed by atoms with E-state index in [-0.39, 0.29) is 6.61 Å². The number of cyclic esters (lactones) is 1. The van der Waals surface area contributed by atoms with Gasteiger partial charge in [-0.15, -0.1) is 0 Å². The topological polar surface area (TPSA) is 105 Å². The maximum Gasteiger partial charge on any atom is 0.419 e. The second-order valence-electron chi connectivity index (χ2n) is 12.7. The van der Waals surface area contributed by atoms with Gasteiger partial charge in [-0.2, -0.15) is 13.2 Å².